The molecule has 0 aliphatic carbocycles. The topological polar surface area (TPSA) is 52.6 Å². The minimum atomic E-state index is -0.333. The van der Waals surface area contributed by atoms with Crippen LogP contribution in [0.1, 0.15) is 112 Å². The Morgan fingerprint density at radius 1 is 0.586 bits per heavy atom. The van der Waals surface area contributed by atoms with E-state index in [2.05, 4.69) is 13.8 Å². The van der Waals surface area contributed by atoms with Gasteiger partial charge in [-0.3, -0.25) is 0 Å². The summed E-state index contributed by atoms with van der Waals surface area (Å²) in [6.07, 6.45) is 10.9. The SMILES string of the molecule is CCCCCCC/C(C(=O)OCC(C)C)=C(\CCCCCC)C(=O)OCC(C)C. The fraction of sp³-hybridized carbons (Fsp3) is 0.840. The van der Waals surface area contributed by atoms with Crippen LogP contribution in [-0.4, -0.2) is 25.2 Å². The van der Waals surface area contributed by atoms with Crippen LogP contribution in [-0.2, 0) is 19.1 Å². The Hall–Kier alpha value is -1.32. The van der Waals surface area contributed by atoms with E-state index in [-0.39, 0.29) is 23.8 Å². The molecule has 0 aliphatic rings. The van der Waals surface area contributed by atoms with Crippen molar-refractivity contribution in [1.82, 2.24) is 0 Å². The van der Waals surface area contributed by atoms with E-state index < -0.39 is 0 Å². The highest BCUT2D eigenvalue weighted by molar-refractivity contribution is 6.00. The van der Waals surface area contributed by atoms with Crippen LogP contribution in [0, 0.1) is 11.8 Å². The molecule has 170 valence electrons. The predicted octanol–water partition coefficient (Wildman–Crippen LogP) is 7.01. The van der Waals surface area contributed by atoms with Crippen molar-refractivity contribution in [2.45, 2.75) is 112 Å². The number of carbonyl (C=O) groups is 2. The number of ether oxygens (including phenoxy) is 2. The Morgan fingerprint density at radius 2 is 0.931 bits per heavy atom. The third-order valence-corrected chi connectivity index (χ3v) is 4.76. The van der Waals surface area contributed by atoms with Crippen LogP contribution < -0.4 is 0 Å². The largest absolute Gasteiger partial charge is 0.462 e. The van der Waals surface area contributed by atoms with Crippen LogP contribution in [0.5, 0.6) is 0 Å². The molecule has 0 saturated carbocycles. The molecule has 0 amide bonds. The molecule has 0 atom stereocenters. The smallest absolute Gasteiger partial charge is 0.334 e. The van der Waals surface area contributed by atoms with E-state index in [0.29, 0.717) is 37.2 Å². The first kappa shape index (κ1) is 27.7. The summed E-state index contributed by atoms with van der Waals surface area (Å²) >= 11 is 0. The van der Waals surface area contributed by atoms with Crippen molar-refractivity contribution in [3.05, 3.63) is 11.1 Å². The van der Waals surface area contributed by atoms with Crippen molar-refractivity contribution in [2.24, 2.45) is 11.8 Å². The molecule has 0 unspecified atom stereocenters. The van der Waals surface area contributed by atoms with E-state index >= 15 is 0 Å². The molecule has 29 heavy (non-hydrogen) atoms. The molecule has 0 bridgehead atoms. The maximum Gasteiger partial charge on any atom is 0.334 e. The normalized spacial score (nSPS) is 12.3. The van der Waals surface area contributed by atoms with Gasteiger partial charge < -0.3 is 9.47 Å². The Morgan fingerprint density at radius 3 is 1.28 bits per heavy atom. The minimum Gasteiger partial charge on any atom is -0.462 e. The average molecular weight is 411 g/mol. The Labute approximate surface area is 179 Å². The maximum atomic E-state index is 12.9. The Kier molecular flexibility index (Phi) is 16.7. The fourth-order valence-electron chi connectivity index (χ4n) is 3.05. The molecule has 0 saturated heterocycles. The molecule has 0 aromatic heterocycles. The molecular weight excluding hydrogens is 364 g/mol. The second kappa shape index (κ2) is 17.5. The second-order valence-electron chi connectivity index (χ2n) is 8.92. The van der Waals surface area contributed by atoms with E-state index in [1.807, 2.05) is 27.7 Å². The van der Waals surface area contributed by atoms with Gasteiger partial charge in [-0.1, -0.05) is 86.5 Å². The summed E-state index contributed by atoms with van der Waals surface area (Å²) in [5.74, 6) is -0.127. The van der Waals surface area contributed by atoms with Crippen LogP contribution in [0.2, 0.25) is 0 Å². The summed E-state index contributed by atoms with van der Waals surface area (Å²) < 4.78 is 11.0. The molecule has 0 radical (unpaired) electrons. The van der Waals surface area contributed by atoms with E-state index in [0.717, 1.165) is 44.9 Å². The molecule has 0 spiro atoms. The monoisotopic (exact) mass is 410 g/mol. The third kappa shape index (κ3) is 14.3. The van der Waals surface area contributed by atoms with Gasteiger partial charge in [0.25, 0.3) is 0 Å². The maximum absolute atomic E-state index is 12.9. The van der Waals surface area contributed by atoms with E-state index in [1.165, 1.54) is 12.8 Å². The zero-order valence-electron chi connectivity index (χ0n) is 20.0. The fourth-order valence-corrected chi connectivity index (χ4v) is 3.05. The average Bonchev–Trinajstić information content (AvgIpc) is 2.68. The van der Waals surface area contributed by atoms with Gasteiger partial charge in [0.15, 0.2) is 0 Å². The first-order chi connectivity index (χ1) is 13.8. The molecule has 4 heteroatoms. The van der Waals surface area contributed by atoms with E-state index in [9.17, 15) is 9.59 Å². The van der Waals surface area contributed by atoms with Crippen LogP contribution >= 0.6 is 0 Å². The summed E-state index contributed by atoms with van der Waals surface area (Å²) in [5, 5.41) is 0. The standard InChI is InChI=1S/C25H46O4/c1-7-9-11-13-15-17-23(25(27)29-19-21(5)6)22(16-14-12-10-8-2)24(26)28-18-20(3)4/h20-21H,7-19H2,1-6H3/b23-22-. The van der Waals surface area contributed by atoms with Crippen molar-refractivity contribution >= 4 is 11.9 Å². The third-order valence-electron chi connectivity index (χ3n) is 4.76. The molecule has 0 fully saturated rings. The first-order valence-electron chi connectivity index (χ1n) is 11.9. The number of unbranched alkanes of at least 4 members (excludes halogenated alkanes) is 7. The Balaban J connectivity index is 5.44. The number of esters is 2. The molecular formula is C25H46O4. The van der Waals surface area contributed by atoms with Gasteiger partial charge in [-0.15, -0.1) is 0 Å². The molecule has 0 heterocycles. The van der Waals surface area contributed by atoms with Crippen molar-refractivity contribution in [1.29, 1.82) is 0 Å². The van der Waals surface area contributed by atoms with E-state index in [1.54, 1.807) is 0 Å². The molecule has 0 aromatic carbocycles. The van der Waals surface area contributed by atoms with Gasteiger partial charge in [-0.25, -0.2) is 9.59 Å². The van der Waals surface area contributed by atoms with Crippen molar-refractivity contribution < 1.29 is 19.1 Å². The van der Waals surface area contributed by atoms with Gasteiger partial charge >= 0.3 is 11.9 Å². The quantitative estimate of drug-likeness (QED) is 0.147. The molecule has 0 rings (SSSR count). The lowest BCUT2D eigenvalue weighted by atomic mass is 9.96. The highest BCUT2D eigenvalue weighted by Crippen LogP contribution is 2.23. The summed E-state index contributed by atoms with van der Waals surface area (Å²) in [7, 11) is 0. The highest BCUT2D eigenvalue weighted by atomic mass is 16.5. The Bertz CT molecular complexity index is 477. The van der Waals surface area contributed by atoms with Gasteiger partial charge in [0.05, 0.1) is 13.2 Å². The van der Waals surface area contributed by atoms with Gasteiger partial charge in [0, 0.05) is 11.1 Å². The zero-order chi connectivity index (χ0) is 22.1. The molecule has 0 aromatic rings. The molecule has 0 N–H and O–H groups in total. The van der Waals surface area contributed by atoms with Crippen LogP contribution in [0.4, 0.5) is 0 Å². The summed E-state index contributed by atoms with van der Waals surface area (Å²) in [5.41, 5.74) is 1.10. The van der Waals surface area contributed by atoms with E-state index in [4.69, 9.17) is 9.47 Å². The lowest BCUT2D eigenvalue weighted by molar-refractivity contribution is -0.143. The number of hydrogen-bond donors (Lipinski definition) is 0. The van der Waals surface area contributed by atoms with Gasteiger partial charge in [-0.2, -0.15) is 0 Å². The van der Waals surface area contributed by atoms with Crippen molar-refractivity contribution in [3.63, 3.8) is 0 Å². The summed E-state index contributed by atoms with van der Waals surface area (Å²) in [6, 6.07) is 0. The van der Waals surface area contributed by atoms with Crippen molar-refractivity contribution in [2.75, 3.05) is 13.2 Å². The van der Waals surface area contributed by atoms with Gasteiger partial charge in [0.1, 0.15) is 0 Å². The first-order valence-corrected chi connectivity index (χ1v) is 11.9. The van der Waals surface area contributed by atoms with Gasteiger partial charge in [0.2, 0.25) is 0 Å². The lowest BCUT2D eigenvalue weighted by Gasteiger charge is -2.16. The van der Waals surface area contributed by atoms with Crippen LogP contribution in [0.3, 0.4) is 0 Å². The summed E-state index contributed by atoms with van der Waals surface area (Å²) in [6.45, 7) is 13.2. The number of hydrogen-bond acceptors (Lipinski definition) is 4. The molecule has 4 nitrogen and oxygen atoms in total. The van der Waals surface area contributed by atoms with Crippen molar-refractivity contribution in [3.8, 4) is 0 Å². The lowest BCUT2D eigenvalue weighted by Crippen LogP contribution is -2.20. The predicted molar refractivity (Wildman–Crippen MR) is 121 cm³/mol. The minimum absolute atomic E-state index is 0.269. The second-order valence-corrected chi connectivity index (χ2v) is 8.92. The molecule has 0 aliphatic heterocycles. The van der Waals surface area contributed by atoms with Gasteiger partial charge in [-0.05, 0) is 37.5 Å². The number of rotatable bonds is 17. The van der Waals surface area contributed by atoms with Crippen LogP contribution in [0.15, 0.2) is 11.1 Å². The van der Waals surface area contributed by atoms with Crippen LogP contribution in [0.25, 0.3) is 0 Å². The zero-order valence-corrected chi connectivity index (χ0v) is 20.0. The number of carbonyl (C=O) groups excluding carboxylic acids is 2. The highest BCUT2D eigenvalue weighted by Gasteiger charge is 2.23. The summed E-state index contributed by atoms with van der Waals surface area (Å²) in [4.78, 5) is 25.7.